The van der Waals surface area contributed by atoms with E-state index in [0.717, 1.165) is 11.1 Å². The van der Waals surface area contributed by atoms with E-state index in [1.54, 1.807) is 36.7 Å². The third-order valence-electron chi connectivity index (χ3n) is 7.80. The van der Waals surface area contributed by atoms with Crippen molar-refractivity contribution in [3.8, 4) is 12.3 Å². The number of fused-ring (bicyclic) bond motifs is 2. The highest BCUT2D eigenvalue weighted by molar-refractivity contribution is 6.35. The van der Waals surface area contributed by atoms with Gasteiger partial charge in [0.05, 0.1) is 33.5 Å². The standard InChI is InChI=1S/C32H31ClF3N7/c1-5-18-15-38-27-22(26(18)39-17-31(2,3)4)13-19(14-23(27)33)40-29(21-8-9-24(34)28-20(21)7-6-12-37-28)25-16-43(42-41-25)32(10-11-32)30(35)36/h1,6-9,12-16,29-30,40-42H,10-11,17H2,2-4H3,(H,38,39)/t29-/m0/s1. The van der Waals surface area contributed by atoms with Gasteiger partial charge in [-0.3, -0.25) is 15.0 Å². The molecule has 2 aromatic carbocycles. The maximum Gasteiger partial charge on any atom is 0.262 e. The van der Waals surface area contributed by atoms with Crippen molar-refractivity contribution in [2.24, 2.45) is 5.41 Å². The van der Waals surface area contributed by atoms with Crippen LogP contribution in [0.25, 0.3) is 21.8 Å². The van der Waals surface area contributed by atoms with Crippen molar-refractivity contribution < 1.29 is 13.2 Å². The molecule has 222 valence electrons. The zero-order chi connectivity index (χ0) is 30.5. The number of hydrogen-bond donors (Lipinski definition) is 4. The van der Waals surface area contributed by atoms with Crippen molar-refractivity contribution in [2.45, 2.75) is 51.6 Å². The van der Waals surface area contributed by atoms with Gasteiger partial charge in [0.15, 0.2) is 0 Å². The van der Waals surface area contributed by atoms with E-state index in [9.17, 15) is 13.2 Å². The van der Waals surface area contributed by atoms with Gasteiger partial charge in [0.2, 0.25) is 0 Å². The maximum atomic E-state index is 14.8. The van der Waals surface area contributed by atoms with Gasteiger partial charge in [-0.25, -0.2) is 13.2 Å². The number of rotatable bonds is 8. The molecule has 1 aliphatic carbocycles. The lowest BCUT2D eigenvalue weighted by Crippen LogP contribution is -2.48. The Balaban J connectivity index is 1.47. The van der Waals surface area contributed by atoms with Crippen molar-refractivity contribution in [1.82, 2.24) is 25.9 Å². The first-order valence-corrected chi connectivity index (χ1v) is 14.3. The van der Waals surface area contributed by atoms with Crippen LogP contribution in [0.2, 0.25) is 5.02 Å². The number of hydrazine groups is 2. The molecule has 1 aliphatic heterocycles. The Hall–Kier alpha value is -4.20. The number of aromatic nitrogens is 2. The predicted molar refractivity (Wildman–Crippen MR) is 165 cm³/mol. The summed E-state index contributed by atoms with van der Waals surface area (Å²) in [7, 11) is 0. The number of alkyl halides is 2. The highest BCUT2D eigenvalue weighted by Crippen LogP contribution is 2.47. The normalized spacial score (nSPS) is 16.6. The Labute approximate surface area is 252 Å². The first-order chi connectivity index (χ1) is 20.5. The van der Waals surface area contributed by atoms with Crippen LogP contribution in [0.15, 0.2) is 60.7 Å². The first kappa shape index (κ1) is 28.9. The van der Waals surface area contributed by atoms with Gasteiger partial charge in [0.1, 0.15) is 16.9 Å². The molecule has 4 aromatic rings. The molecule has 2 aromatic heterocycles. The zero-order valence-electron chi connectivity index (χ0n) is 23.9. The number of benzene rings is 2. The molecule has 1 atom stereocenters. The number of nitrogens with one attached hydrogen (secondary N) is 4. The summed E-state index contributed by atoms with van der Waals surface area (Å²) in [6, 6.07) is 9.54. The van der Waals surface area contributed by atoms with Crippen molar-refractivity contribution in [3.05, 3.63) is 82.7 Å². The molecule has 43 heavy (non-hydrogen) atoms. The molecule has 0 radical (unpaired) electrons. The topological polar surface area (TPSA) is 77.1 Å². The van der Waals surface area contributed by atoms with E-state index >= 15 is 0 Å². The number of terminal acetylenes is 1. The van der Waals surface area contributed by atoms with Crippen LogP contribution >= 0.6 is 11.6 Å². The van der Waals surface area contributed by atoms with Gasteiger partial charge in [-0.15, -0.1) is 12.0 Å². The van der Waals surface area contributed by atoms with Crippen molar-refractivity contribution >= 4 is 44.8 Å². The minimum atomic E-state index is -2.53. The quantitative estimate of drug-likeness (QED) is 0.159. The molecule has 6 rings (SSSR count). The summed E-state index contributed by atoms with van der Waals surface area (Å²) in [5, 5.41) is 10.1. The van der Waals surface area contributed by atoms with Gasteiger partial charge >= 0.3 is 0 Å². The Kier molecular flexibility index (Phi) is 7.27. The number of pyridine rings is 2. The third-order valence-corrected chi connectivity index (χ3v) is 8.09. The summed E-state index contributed by atoms with van der Waals surface area (Å²) in [4.78, 5) is 8.77. The lowest BCUT2D eigenvalue weighted by molar-refractivity contribution is 0.00911. The van der Waals surface area contributed by atoms with Gasteiger partial charge in [0.25, 0.3) is 6.43 Å². The van der Waals surface area contributed by atoms with Crippen molar-refractivity contribution in [3.63, 3.8) is 0 Å². The molecule has 1 fully saturated rings. The molecule has 0 spiro atoms. The maximum absolute atomic E-state index is 14.8. The van der Waals surface area contributed by atoms with E-state index < -0.39 is 23.8 Å². The molecule has 3 heterocycles. The zero-order valence-corrected chi connectivity index (χ0v) is 24.7. The van der Waals surface area contributed by atoms with E-state index in [0.29, 0.717) is 57.8 Å². The molecular formula is C32H31ClF3N7. The molecule has 0 amide bonds. The lowest BCUT2D eigenvalue weighted by atomic mass is 9.96. The van der Waals surface area contributed by atoms with Crippen LogP contribution in [-0.4, -0.2) is 33.5 Å². The number of nitrogens with zero attached hydrogens (tertiary/aromatic N) is 3. The second kappa shape index (κ2) is 10.8. The van der Waals surface area contributed by atoms with Crippen LogP contribution in [0.3, 0.4) is 0 Å². The van der Waals surface area contributed by atoms with Crippen LogP contribution in [-0.2, 0) is 0 Å². The highest BCUT2D eigenvalue weighted by Gasteiger charge is 2.56. The molecule has 1 saturated carbocycles. The Morgan fingerprint density at radius 3 is 2.63 bits per heavy atom. The van der Waals surface area contributed by atoms with Gasteiger partial charge in [-0.1, -0.05) is 50.4 Å². The summed E-state index contributed by atoms with van der Waals surface area (Å²) in [5.41, 5.74) is 8.64. The Morgan fingerprint density at radius 2 is 1.93 bits per heavy atom. The molecule has 11 heteroatoms. The summed E-state index contributed by atoms with van der Waals surface area (Å²) in [6.07, 6.45) is 8.82. The molecule has 0 bridgehead atoms. The Bertz CT molecular complexity index is 1790. The smallest absolute Gasteiger partial charge is 0.262 e. The van der Waals surface area contributed by atoms with Gasteiger partial charge in [0, 0.05) is 41.6 Å². The number of hydrogen-bond acceptors (Lipinski definition) is 7. The monoisotopic (exact) mass is 605 g/mol. The Morgan fingerprint density at radius 1 is 1.14 bits per heavy atom. The predicted octanol–water partition coefficient (Wildman–Crippen LogP) is 7.13. The van der Waals surface area contributed by atoms with Gasteiger partial charge in [-0.05, 0) is 48.1 Å². The molecule has 0 saturated heterocycles. The molecule has 0 unspecified atom stereocenters. The fourth-order valence-corrected chi connectivity index (χ4v) is 5.57. The lowest BCUT2D eigenvalue weighted by Gasteiger charge is -2.25. The minimum absolute atomic E-state index is 0.0273. The third kappa shape index (κ3) is 5.39. The van der Waals surface area contributed by atoms with Gasteiger partial charge in [-0.2, -0.15) is 0 Å². The summed E-state index contributed by atoms with van der Waals surface area (Å²) in [6.45, 7) is 7.00. The second-order valence-electron chi connectivity index (χ2n) is 12.2. The van der Waals surface area contributed by atoms with Crippen molar-refractivity contribution in [2.75, 3.05) is 17.2 Å². The summed E-state index contributed by atoms with van der Waals surface area (Å²) < 4.78 is 42.7. The fourth-order valence-electron chi connectivity index (χ4n) is 5.31. The van der Waals surface area contributed by atoms with Crippen molar-refractivity contribution in [1.29, 1.82) is 0 Å². The van der Waals surface area contributed by atoms with Crippen LogP contribution in [0.1, 0.15) is 50.8 Å². The van der Waals surface area contributed by atoms with Crippen LogP contribution in [0.4, 0.5) is 24.5 Å². The van der Waals surface area contributed by atoms with E-state index in [1.807, 2.05) is 6.07 Å². The number of anilines is 2. The van der Waals surface area contributed by atoms with E-state index in [1.165, 1.54) is 17.3 Å². The van der Waals surface area contributed by atoms with Crippen LogP contribution < -0.4 is 21.6 Å². The summed E-state index contributed by atoms with van der Waals surface area (Å²) >= 11 is 6.78. The van der Waals surface area contributed by atoms with E-state index in [2.05, 4.69) is 58.3 Å². The highest BCUT2D eigenvalue weighted by atomic mass is 35.5. The average molecular weight is 606 g/mol. The molecular weight excluding hydrogens is 575 g/mol. The SMILES string of the molecule is C#Cc1cnc2c(Cl)cc(N[C@H](C3=CN(C4(C(F)F)CC4)NN3)c3ccc(F)c4ncccc34)cc2c1NCC(C)(C)C. The number of halogens is 4. The van der Waals surface area contributed by atoms with Gasteiger partial charge < -0.3 is 16.1 Å². The molecule has 4 N–H and O–H groups in total. The fraction of sp³-hybridized carbons (Fsp3) is 0.312. The minimum Gasteiger partial charge on any atom is -0.383 e. The first-order valence-electron chi connectivity index (χ1n) is 13.9. The van der Waals surface area contributed by atoms with E-state index in [-0.39, 0.29) is 10.9 Å². The van der Waals surface area contributed by atoms with Crippen LogP contribution in [0.5, 0.6) is 0 Å². The molecule has 7 nitrogen and oxygen atoms in total. The van der Waals surface area contributed by atoms with E-state index in [4.69, 9.17) is 18.0 Å². The largest absolute Gasteiger partial charge is 0.383 e. The van der Waals surface area contributed by atoms with Crippen LogP contribution in [0, 0.1) is 23.6 Å². The second-order valence-corrected chi connectivity index (χ2v) is 12.6. The summed E-state index contributed by atoms with van der Waals surface area (Å²) in [5.74, 6) is 2.25. The average Bonchev–Trinajstić information content (AvgIpc) is 3.65. The molecule has 2 aliphatic rings.